The highest BCUT2D eigenvalue weighted by atomic mass is 16.6. The Hall–Kier alpha value is -3.88. The van der Waals surface area contributed by atoms with Crippen LogP contribution < -0.4 is 10.6 Å². The maximum atomic E-state index is 13.8. The van der Waals surface area contributed by atoms with Gasteiger partial charge in [-0.15, -0.1) is 0 Å². The molecule has 206 valence electrons. The van der Waals surface area contributed by atoms with Gasteiger partial charge < -0.3 is 25.0 Å². The van der Waals surface area contributed by atoms with Crippen molar-refractivity contribution in [2.24, 2.45) is 0 Å². The molecule has 2 N–H and O–H groups in total. The number of amides is 3. The lowest BCUT2D eigenvalue weighted by atomic mass is 10.00. The molecule has 9 nitrogen and oxygen atoms in total. The van der Waals surface area contributed by atoms with Crippen LogP contribution in [0.4, 0.5) is 4.79 Å². The number of rotatable bonds is 11. The van der Waals surface area contributed by atoms with Gasteiger partial charge in [0.15, 0.2) is 0 Å². The first-order chi connectivity index (χ1) is 17.9. The number of esters is 1. The number of carbonyl (C=O) groups excluding carboxylic acids is 4. The van der Waals surface area contributed by atoms with Crippen molar-refractivity contribution in [2.45, 2.75) is 65.1 Å². The normalized spacial score (nSPS) is 12.6. The van der Waals surface area contributed by atoms with Crippen LogP contribution >= 0.6 is 0 Å². The minimum Gasteiger partial charge on any atom is -0.466 e. The second kappa shape index (κ2) is 14.2. The third-order valence-electron chi connectivity index (χ3n) is 5.58. The third-order valence-corrected chi connectivity index (χ3v) is 5.58. The Labute approximate surface area is 224 Å². The zero-order valence-corrected chi connectivity index (χ0v) is 23.1. The molecule has 0 aliphatic rings. The molecule has 0 aliphatic heterocycles. The molecule has 0 aromatic heterocycles. The first-order valence-corrected chi connectivity index (χ1v) is 12.7. The van der Waals surface area contributed by atoms with Crippen LogP contribution in [0.15, 0.2) is 54.6 Å². The number of benzene rings is 2. The molecule has 2 atom stereocenters. The first kappa shape index (κ1) is 30.3. The van der Waals surface area contributed by atoms with Crippen LogP contribution in [0, 0.1) is 6.92 Å². The molecule has 38 heavy (non-hydrogen) atoms. The highest BCUT2D eigenvalue weighted by Crippen LogP contribution is 2.22. The summed E-state index contributed by atoms with van der Waals surface area (Å²) < 4.78 is 10.3. The number of ether oxygens (including phenoxy) is 2. The van der Waals surface area contributed by atoms with E-state index in [-0.39, 0.29) is 26.0 Å². The van der Waals surface area contributed by atoms with Crippen molar-refractivity contribution in [3.8, 4) is 0 Å². The number of likely N-dealkylation sites (N-methyl/N-ethyl adjacent to an activating group) is 1. The number of nitrogens with zero attached hydrogens (tertiary/aromatic N) is 1. The zero-order valence-electron chi connectivity index (χ0n) is 23.1. The average molecular weight is 526 g/mol. The van der Waals surface area contributed by atoms with E-state index >= 15 is 0 Å². The molecule has 0 radical (unpaired) electrons. The summed E-state index contributed by atoms with van der Waals surface area (Å²) in [6.07, 6.45) is -0.519. The average Bonchev–Trinajstić information content (AvgIpc) is 2.84. The van der Waals surface area contributed by atoms with Crippen molar-refractivity contribution in [3.63, 3.8) is 0 Å². The fourth-order valence-electron chi connectivity index (χ4n) is 3.79. The topological polar surface area (TPSA) is 114 Å². The van der Waals surface area contributed by atoms with E-state index in [9.17, 15) is 19.2 Å². The predicted octanol–water partition coefficient (Wildman–Crippen LogP) is 3.70. The van der Waals surface area contributed by atoms with Gasteiger partial charge in [0, 0.05) is 20.0 Å². The Balaban J connectivity index is 2.32. The summed E-state index contributed by atoms with van der Waals surface area (Å²) >= 11 is 0. The Bertz CT molecular complexity index is 1080. The van der Waals surface area contributed by atoms with Gasteiger partial charge in [-0.1, -0.05) is 60.2 Å². The molecule has 0 heterocycles. The smallest absolute Gasteiger partial charge is 0.408 e. The van der Waals surface area contributed by atoms with E-state index in [0.29, 0.717) is 5.56 Å². The van der Waals surface area contributed by atoms with Crippen molar-refractivity contribution in [3.05, 3.63) is 71.3 Å². The summed E-state index contributed by atoms with van der Waals surface area (Å²) in [7, 11) is 1.52. The molecular weight excluding hydrogens is 486 g/mol. The fourth-order valence-corrected chi connectivity index (χ4v) is 3.79. The number of nitrogens with one attached hydrogen (secondary N) is 2. The van der Waals surface area contributed by atoms with E-state index in [4.69, 9.17) is 9.47 Å². The van der Waals surface area contributed by atoms with Gasteiger partial charge in [-0.3, -0.25) is 14.4 Å². The molecule has 0 bridgehead atoms. The summed E-state index contributed by atoms with van der Waals surface area (Å²) in [6.45, 7) is 9.16. The summed E-state index contributed by atoms with van der Waals surface area (Å²) in [4.78, 5) is 52.8. The van der Waals surface area contributed by atoms with Crippen LogP contribution in [-0.4, -0.2) is 60.6 Å². The van der Waals surface area contributed by atoms with Gasteiger partial charge in [-0.2, -0.15) is 0 Å². The number of alkyl carbamates (subject to hydrolysis) is 1. The van der Waals surface area contributed by atoms with Gasteiger partial charge in [0.05, 0.1) is 13.0 Å². The Morgan fingerprint density at radius 2 is 1.61 bits per heavy atom. The summed E-state index contributed by atoms with van der Waals surface area (Å²) in [5.41, 5.74) is 1.68. The third kappa shape index (κ3) is 9.88. The van der Waals surface area contributed by atoms with E-state index in [0.717, 1.165) is 11.1 Å². The lowest BCUT2D eigenvalue weighted by molar-refractivity contribution is -0.143. The lowest BCUT2D eigenvalue weighted by Gasteiger charge is -2.31. The number of hydrogen-bond acceptors (Lipinski definition) is 6. The van der Waals surface area contributed by atoms with Crippen molar-refractivity contribution in [1.82, 2.24) is 15.5 Å². The largest absolute Gasteiger partial charge is 0.466 e. The molecule has 0 fully saturated rings. The second-order valence-corrected chi connectivity index (χ2v) is 10.00. The van der Waals surface area contributed by atoms with Gasteiger partial charge in [0.1, 0.15) is 17.7 Å². The predicted molar refractivity (Wildman–Crippen MR) is 144 cm³/mol. The maximum Gasteiger partial charge on any atom is 0.408 e. The molecule has 2 aromatic rings. The van der Waals surface area contributed by atoms with Crippen molar-refractivity contribution in [2.75, 3.05) is 20.2 Å². The summed E-state index contributed by atoms with van der Waals surface area (Å²) in [5.74, 6) is -1.34. The SMILES string of the molecule is CCOC(=O)CCNC(=O)C(c1ccc(C)cc1)N(C)C(=O)C(Cc1ccccc1)NC(=O)OC(C)(C)C. The van der Waals surface area contributed by atoms with Gasteiger partial charge in [-0.25, -0.2) is 4.79 Å². The zero-order chi connectivity index (χ0) is 28.3. The Kier molecular flexibility index (Phi) is 11.3. The molecule has 2 rings (SSSR count). The van der Waals surface area contributed by atoms with Crippen LogP contribution in [0.5, 0.6) is 0 Å². The van der Waals surface area contributed by atoms with Crippen LogP contribution in [-0.2, 0) is 30.3 Å². The van der Waals surface area contributed by atoms with Crippen LogP contribution in [0.2, 0.25) is 0 Å². The van der Waals surface area contributed by atoms with Crippen LogP contribution in [0.25, 0.3) is 0 Å². The Morgan fingerprint density at radius 3 is 2.18 bits per heavy atom. The number of carbonyl (C=O) groups is 4. The molecule has 0 saturated carbocycles. The molecule has 0 aliphatic carbocycles. The Morgan fingerprint density at radius 1 is 0.974 bits per heavy atom. The standard InChI is InChI=1S/C29H39N3O6/c1-7-37-24(33)17-18-30-26(34)25(22-15-13-20(2)14-16-22)32(6)27(35)23(19-21-11-9-8-10-12-21)31-28(36)38-29(3,4)5/h8-16,23,25H,7,17-19H2,1-6H3,(H,30,34)(H,31,36). The first-order valence-electron chi connectivity index (χ1n) is 12.7. The van der Waals surface area contributed by atoms with E-state index in [1.165, 1.54) is 11.9 Å². The van der Waals surface area contributed by atoms with E-state index in [1.807, 2.05) is 49.4 Å². The minimum atomic E-state index is -0.996. The van der Waals surface area contributed by atoms with E-state index < -0.39 is 41.6 Å². The van der Waals surface area contributed by atoms with Gasteiger partial charge in [0.2, 0.25) is 11.8 Å². The van der Waals surface area contributed by atoms with Gasteiger partial charge in [0.25, 0.3) is 0 Å². The van der Waals surface area contributed by atoms with E-state index in [2.05, 4.69) is 10.6 Å². The van der Waals surface area contributed by atoms with Crippen molar-refractivity contribution >= 4 is 23.9 Å². The monoisotopic (exact) mass is 525 g/mol. The number of hydrogen-bond donors (Lipinski definition) is 2. The molecule has 9 heteroatoms. The molecule has 3 amide bonds. The van der Waals surface area contributed by atoms with Crippen molar-refractivity contribution < 1.29 is 28.7 Å². The molecule has 2 unspecified atom stereocenters. The fraction of sp³-hybridized carbons (Fsp3) is 0.448. The molecule has 0 spiro atoms. The van der Waals surface area contributed by atoms with Gasteiger partial charge >= 0.3 is 12.1 Å². The van der Waals surface area contributed by atoms with Crippen LogP contribution in [0.3, 0.4) is 0 Å². The van der Waals surface area contributed by atoms with E-state index in [1.54, 1.807) is 39.8 Å². The van der Waals surface area contributed by atoms with Crippen LogP contribution in [0.1, 0.15) is 56.8 Å². The minimum absolute atomic E-state index is 0.00862. The summed E-state index contributed by atoms with van der Waals surface area (Å²) in [6, 6.07) is 14.6. The second-order valence-electron chi connectivity index (χ2n) is 10.00. The molecule has 0 saturated heterocycles. The van der Waals surface area contributed by atoms with Crippen molar-refractivity contribution in [1.29, 1.82) is 0 Å². The van der Waals surface area contributed by atoms with Gasteiger partial charge in [-0.05, 0) is 45.7 Å². The highest BCUT2D eigenvalue weighted by Gasteiger charge is 2.34. The maximum absolute atomic E-state index is 13.8. The highest BCUT2D eigenvalue weighted by molar-refractivity contribution is 5.92. The summed E-state index contributed by atoms with van der Waals surface area (Å²) in [5, 5.41) is 5.42. The molecule has 2 aromatic carbocycles. The molecular formula is C29H39N3O6. The quantitative estimate of drug-likeness (QED) is 0.433. The number of aryl methyl sites for hydroxylation is 1. The lowest BCUT2D eigenvalue weighted by Crippen LogP contribution is -2.52.